The van der Waals surface area contributed by atoms with Crippen LogP contribution in [0.2, 0.25) is 0 Å². The van der Waals surface area contributed by atoms with Crippen LogP contribution >= 0.6 is 0 Å². The zero-order valence-corrected chi connectivity index (χ0v) is 12.1. The molecule has 0 radical (unpaired) electrons. The van der Waals surface area contributed by atoms with E-state index in [4.69, 9.17) is 0 Å². The van der Waals surface area contributed by atoms with Gasteiger partial charge < -0.3 is 10.0 Å². The number of carbonyl (C=O) groups is 1. The zero-order valence-electron chi connectivity index (χ0n) is 12.1. The number of unbranched alkanes of at least 4 members (excludes halogenated alkanes) is 1. The summed E-state index contributed by atoms with van der Waals surface area (Å²) < 4.78 is 0. The van der Waals surface area contributed by atoms with Crippen molar-refractivity contribution in [2.75, 3.05) is 13.1 Å². The minimum absolute atomic E-state index is 0.119. The van der Waals surface area contributed by atoms with Gasteiger partial charge in [0.05, 0.1) is 6.10 Å². The molecule has 2 fully saturated rings. The maximum atomic E-state index is 12.4. The molecule has 0 spiro atoms. The fourth-order valence-corrected chi connectivity index (χ4v) is 3.41. The van der Waals surface area contributed by atoms with Crippen LogP contribution in [-0.4, -0.2) is 35.1 Å². The molecule has 0 aromatic heterocycles. The normalized spacial score (nSPS) is 28.1. The predicted octanol–water partition coefficient (Wildman–Crippen LogP) is 2.48. The van der Waals surface area contributed by atoms with Crippen molar-refractivity contribution in [3.05, 3.63) is 35.4 Å². The topological polar surface area (TPSA) is 40.5 Å². The van der Waals surface area contributed by atoms with Crippen LogP contribution in [0.25, 0.3) is 0 Å². The maximum absolute atomic E-state index is 12.4. The summed E-state index contributed by atoms with van der Waals surface area (Å²) in [4.78, 5) is 14.4. The Balaban J connectivity index is 1.62. The molecule has 1 aromatic carbocycles. The summed E-state index contributed by atoms with van der Waals surface area (Å²) >= 11 is 0. The molecule has 20 heavy (non-hydrogen) atoms. The number of aryl methyl sites for hydroxylation is 1. The van der Waals surface area contributed by atoms with Gasteiger partial charge in [0.15, 0.2) is 0 Å². The number of likely N-dealkylation sites (tertiary alicyclic amines) is 1. The van der Waals surface area contributed by atoms with Crippen molar-refractivity contribution in [3.8, 4) is 0 Å². The molecule has 3 nitrogen and oxygen atoms in total. The molecule has 1 N–H and O–H groups in total. The van der Waals surface area contributed by atoms with Gasteiger partial charge in [-0.2, -0.15) is 0 Å². The second-order valence-electron chi connectivity index (χ2n) is 6.24. The van der Waals surface area contributed by atoms with E-state index in [1.165, 1.54) is 18.4 Å². The lowest BCUT2D eigenvalue weighted by atomic mass is 9.74. The second kappa shape index (κ2) is 5.57. The number of benzene rings is 1. The lowest BCUT2D eigenvalue weighted by Gasteiger charge is -2.34. The lowest BCUT2D eigenvalue weighted by molar-refractivity contribution is -0.00427. The number of aliphatic hydroxyl groups excluding tert-OH is 1. The zero-order chi connectivity index (χ0) is 14.1. The van der Waals surface area contributed by atoms with E-state index in [1.807, 2.05) is 17.0 Å². The van der Waals surface area contributed by atoms with Gasteiger partial charge in [-0.25, -0.2) is 0 Å². The van der Waals surface area contributed by atoms with E-state index in [0.717, 1.165) is 31.5 Å². The minimum Gasteiger partial charge on any atom is -0.393 e. The smallest absolute Gasteiger partial charge is 0.253 e. The summed E-state index contributed by atoms with van der Waals surface area (Å²) in [5, 5.41) is 9.67. The van der Waals surface area contributed by atoms with Crippen LogP contribution in [0.3, 0.4) is 0 Å². The van der Waals surface area contributed by atoms with Crippen LogP contribution < -0.4 is 0 Å². The standard InChI is InChI=1S/C17H23NO2/c1-2-3-4-12-5-7-13(8-6-12)17(20)18-10-14-9-16(19)15(14)11-18/h5-8,14-16,19H,2-4,9-11H2,1H3/t14-,15+,16-/m1/s1. The van der Waals surface area contributed by atoms with Crippen molar-refractivity contribution in [3.63, 3.8) is 0 Å². The molecule has 1 saturated carbocycles. The molecule has 1 amide bonds. The van der Waals surface area contributed by atoms with E-state index < -0.39 is 0 Å². The third-order valence-corrected chi connectivity index (χ3v) is 4.84. The van der Waals surface area contributed by atoms with Gasteiger partial charge in [0.2, 0.25) is 0 Å². The van der Waals surface area contributed by atoms with Crippen LogP contribution in [0.15, 0.2) is 24.3 Å². The van der Waals surface area contributed by atoms with Crippen molar-refractivity contribution in [2.24, 2.45) is 11.8 Å². The van der Waals surface area contributed by atoms with Gasteiger partial charge in [-0.15, -0.1) is 0 Å². The summed E-state index contributed by atoms with van der Waals surface area (Å²) in [5.74, 6) is 0.967. The van der Waals surface area contributed by atoms with Gasteiger partial charge in [-0.3, -0.25) is 4.79 Å². The van der Waals surface area contributed by atoms with E-state index in [0.29, 0.717) is 11.8 Å². The molecular weight excluding hydrogens is 250 g/mol. The predicted molar refractivity (Wildman–Crippen MR) is 78.6 cm³/mol. The SMILES string of the molecule is CCCCc1ccc(C(=O)N2C[C@H]3C[C@@H](O)[C@H]3C2)cc1. The average Bonchev–Trinajstić information content (AvgIpc) is 2.82. The number of hydrogen-bond donors (Lipinski definition) is 1. The molecule has 1 heterocycles. The Morgan fingerprint density at radius 2 is 2.05 bits per heavy atom. The fraction of sp³-hybridized carbons (Fsp3) is 0.588. The van der Waals surface area contributed by atoms with Crippen molar-refractivity contribution < 1.29 is 9.90 Å². The van der Waals surface area contributed by atoms with Gasteiger partial charge in [0.25, 0.3) is 5.91 Å². The third kappa shape index (κ3) is 2.47. The first-order valence-electron chi connectivity index (χ1n) is 7.75. The third-order valence-electron chi connectivity index (χ3n) is 4.84. The maximum Gasteiger partial charge on any atom is 0.253 e. The highest BCUT2D eigenvalue weighted by Gasteiger charge is 2.47. The summed E-state index contributed by atoms with van der Waals surface area (Å²) in [6.07, 6.45) is 4.16. The second-order valence-corrected chi connectivity index (χ2v) is 6.24. The Kier molecular flexibility index (Phi) is 3.79. The van der Waals surface area contributed by atoms with Crippen molar-refractivity contribution >= 4 is 5.91 Å². The molecule has 3 atom stereocenters. The molecule has 1 aromatic rings. The van der Waals surface area contributed by atoms with Crippen LogP contribution in [-0.2, 0) is 6.42 Å². The van der Waals surface area contributed by atoms with E-state index in [9.17, 15) is 9.90 Å². The summed E-state index contributed by atoms with van der Waals surface area (Å²) in [6.45, 7) is 3.73. The first kappa shape index (κ1) is 13.6. The van der Waals surface area contributed by atoms with Crippen LogP contribution in [0.5, 0.6) is 0 Å². The van der Waals surface area contributed by atoms with Crippen LogP contribution in [0, 0.1) is 11.8 Å². The van der Waals surface area contributed by atoms with E-state index in [2.05, 4.69) is 19.1 Å². The largest absolute Gasteiger partial charge is 0.393 e. The van der Waals surface area contributed by atoms with E-state index >= 15 is 0 Å². The number of hydrogen-bond acceptors (Lipinski definition) is 2. The van der Waals surface area contributed by atoms with E-state index in [1.54, 1.807) is 0 Å². The Hall–Kier alpha value is -1.35. The molecule has 2 aliphatic rings. The van der Waals surface area contributed by atoms with Gasteiger partial charge in [0, 0.05) is 24.6 Å². The molecule has 1 aliphatic heterocycles. The number of rotatable bonds is 4. The van der Waals surface area contributed by atoms with Crippen LogP contribution in [0.4, 0.5) is 0 Å². The molecular formula is C17H23NO2. The Morgan fingerprint density at radius 1 is 1.30 bits per heavy atom. The molecule has 3 rings (SSSR count). The summed E-state index contributed by atoms with van der Waals surface area (Å²) in [6, 6.07) is 8.04. The van der Waals surface area contributed by atoms with Gasteiger partial charge in [-0.1, -0.05) is 25.5 Å². The molecule has 0 unspecified atom stereocenters. The monoisotopic (exact) mass is 273 g/mol. The first-order valence-corrected chi connectivity index (χ1v) is 7.75. The molecule has 1 saturated heterocycles. The van der Waals surface area contributed by atoms with Crippen LogP contribution in [0.1, 0.15) is 42.1 Å². The van der Waals surface area contributed by atoms with Gasteiger partial charge in [0.1, 0.15) is 0 Å². The highest BCUT2D eigenvalue weighted by atomic mass is 16.3. The Morgan fingerprint density at radius 3 is 2.65 bits per heavy atom. The lowest BCUT2D eigenvalue weighted by Crippen LogP contribution is -2.39. The number of fused-ring (bicyclic) bond motifs is 1. The minimum atomic E-state index is -0.186. The quantitative estimate of drug-likeness (QED) is 0.915. The molecule has 3 heteroatoms. The highest BCUT2D eigenvalue weighted by Crippen LogP contribution is 2.41. The highest BCUT2D eigenvalue weighted by molar-refractivity contribution is 5.94. The van der Waals surface area contributed by atoms with Gasteiger partial charge >= 0.3 is 0 Å². The van der Waals surface area contributed by atoms with Crippen molar-refractivity contribution in [2.45, 2.75) is 38.7 Å². The Labute approximate surface area is 120 Å². The molecule has 0 bridgehead atoms. The molecule has 1 aliphatic carbocycles. The van der Waals surface area contributed by atoms with E-state index in [-0.39, 0.29) is 12.0 Å². The average molecular weight is 273 g/mol. The van der Waals surface area contributed by atoms with Crippen molar-refractivity contribution in [1.29, 1.82) is 0 Å². The Bertz CT molecular complexity index is 482. The number of amides is 1. The number of nitrogens with zero attached hydrogens (tertiary/aromatic N) is 1. The number of carbonyl (C=O) groups excluding carboxylic acids is 1. The first-order chi connectivity index (χ1) is 9.69. The fourth-order valence-electron chi connectivity index (χ4n) is 3.41. The molecule has 108 valence electrons. The van der Waals surface area contributed by atoms with Gasteiger partial charge in [-0.05, 0) is 42.9 Å². The summed E-state index contributed by atoms with van der Waals surface area (Å²) in [7, 11) is 0. The number of aliphatic hydroxyl groups is 1. The summed E-state index contributed by atoms with van der Waals surface area (Å²) in [5.41, 5.74) is 2.08. The van der Waals surface area contributed by atoms with Crippen molar-refractivity contribution in [1.82, 2.24) is 4.90 Å².